The van der Waals surface area contributed by atoms with Gasteiger partial charge in [-0.15, -0.1) is 0 Å². The zero-order valence-corrected chi connectivity index (χ0v) is 40.5. The van der Waals surface area contributed by atoms with Gasteiger partial charge in [-0.05, 0) is 119 Å². The van der Waals surface area contributed by atoms with Crippen LogP contribution in [-0.4, -0.2) is 24.1 Å². The molecule has 0 atom stereocenters. The minimum Gasteiger partial charge on any atom is -0.308 e. The number of alkyl halides is 3. The van der Waals surface area contributed by atoms with Gasteiger partial charge in [0.15, 0.2) is 17.2 Å². The molecule has 0 radical (unpaired) electrons. The maximum Gasteiger partial charge on any atom is 0.420 e. The highest BCUT2D eigenvalue weighted by Crippen LogP contribution is 2.48. The van der Waals surface area contributed by atoms with Gasteiger partial charge >= 0.3 is 6.18 Å². The summed E-state index contributed by atoms with van der Waals surface area (Å²) in [5, 5.41) is 22.1. The van der Waals surface area contributed by atoms with Crippen LogP contribution in [0.3, 0.4) is 0 Å². The first-order valence-electron chi connectivity index (χ1n) is 24.0. The molecule has 3 heterocycles. The molecule has 9 aromatic carbocycles. The molecule has 0 saturated heterocycles. The monoisotopic (exact) mass is 987 g/mol. The van der Waals surface area contributed by atoms with Crippen molar-refractivity contribution < 1.29 is 13.2 Å². The van der Waals surface area contributed by atoms with Crippen molar-refractivity contribution in [2.45, 2.75) is 20.0 Å². The SMILES string of the molecule is [C-]#[N+]c1ccc(-c2ccc3c4ccc(-c5ccc(C#N)cc5)cc4n(-c4cc(-c5nc(C)nc(C)n5)cc(-n5c6cc(-c7ccc(C#N)cc7)ccc6c6ccc(-c7ccc([N+]#[C-])cc7)cc65)c4C(F)(F)F)c3c2)cc1. The second-order valence-electron chi connectivity index (χ2n) is 18.4. The number of nitriles is 2. The van der Waals surface area contributed by atoms with Crippen LogP contribution < -0.4 is 0 Å². The fourth-order valence-electron chi connectivity index (χ4n) is 10.3. The molecule has 358 valence electrons. The lowest BCUT2D eigenvalue weighted by Gasteiger charge is -2.23. The quantitative estimate of drug-likeness (QED) is 0.148. The summed E-state index contributed by atoms with van der Waals surface area (Å²) in [6.07, 6.45) is -5.00. The van der Waals surface area contributed by atoms with Crippen LogP contribution in [0, 0.1) is 49.7 Å². The molecule has 12 rings (SSSR count). The van der Waals surface area contributed by atoms with Crippen LogP contribution in [-0.2, 0) is 6.18 Å². The highest BCUT2D eigenvalue weighted by molar-refractivity contribution is 6.13. The number of nitrogens with zero attached hydrogens (tertiary/aromatic N) is 9. The highest BCUT2D eigenvalue weighted by Gasteiger charge is 2.40. The predicted octanol–water partition coefficient (Wildman–Crippen LogP) is 16.9. The third kappa shape index (κ3) is 8.01. The first-order valence-corrected chi connectivity index (χ1v) is 24.0. The van der Waals surface area contributed by atoms with E-state index in [4.69, 9.17) is 23.1 Å². The number of rotatable bonds is 7. The summed E-state index contributed by atoms with van der Waals surface area (Å²) in [6.45, 7) is 18.5. The number of hydrogen-bond acceptors (Lipinski definition) is 5. The second kappa shape index (κ2) is 18.1. The Morgan fingerprint density at radius 3 is 1.00 bits per heavy atom. The molecule has 0 aliphatic carbocycles. The van der Waals surface area contributed by atoms with Gasteiger partial charge in [0.2, 0.25) is 0 Å². The Morgan fingerprint density at radius 2 is 0.711 bits per heavy atom. The first-order chi connectivity index (χ1) is 36.9. The average Bonchev–Trinajstić information content (AvgIpc) is 4.02. The number of aryl methyl sites for hydroxylation is 2. The van der Waals surface area contributed by atoms with Gasteiger partial charge in [-0.25, -0.2) is 24.6 Å². The maximum absolute atomic E-state index is 17.2. The second-order valence-corrected chi connectivity index (χ2v) is 18.4. The smallest absolute Gasteiger partial charge is 0.308 e. The highest BCUT2D eigenvalue weighted by atomic mass is 19.4. The lowest BCUT2D eigenvalue weighted by Crippen LogP contribution is -2.16. The van der Waals surface area contributed by atoms with E-state index in [1.807, 2.05) is 121 Å². The summed E-state index contributed by atoms with van der Waals surface area (Å²) in [5.74, 6) is 0.961. The van der Waals surface area contributed by atoms with Gasteiger partial charge in [-0.2, -0.15) is 23.7 Å². The van der Waals surface area contributed by atoms with Crippen LogP contribution in [0.25, 0.3) is 121 Å². The topological polar surface area (TPSA) is 105 Å². The Morgan fingerprint density at radius 1 is 0.408 bits per heavy atom. The summed E-state index contributed by atoms with van der Waals surface area (Å²) < 4.78 is 55.1. The average molecular weight is 988 g/mol. The van der Waals surface area contributed by atoms with E-state index >= 15 is 13.2 Å². The lowest BCUT2D eigenvalue weighted by atomic mass is 10.0. The Balaban J connectivity index is 1.24. The third-order valence-electron chi connectivity index (χ3n) is 13.9. The van der Waals surface area contributed by atoms with Crippen LogP contribution in [0.4, 0.5) is 24.5 Å². The van der Waals surface area contributed by atoms with Crippen molar-refractivity contribution in [2.24, 2.45) is 0 Å². The number of fused-ring (bicyclic) bond motifs is 6. The lowest BCUT2D eigenvalue weighted by molar-refractivity contribution is -0.137. The summed E-state index contributed by atoms with van der Waals surface area (Å²) in [4.78, 5) is 21.1. The maximum atomic E-state index is 17.2. The van der Waals surface area contributed by atoms with Crippen LogP contribution >= 0.6 is 0 Å². The van der Waals surface area contributed by atoms with Gasteiger partial charge in [0.1, 0.15) is 17.2 Å². The number of halogens is 3. The number of aromatic nitrogens is 5. The van der Waals surface area contributed by atoms with Crippen LogP contribution in [0.1, 0.15) is 28.3 Å². The minimum atomic E-state index is -5.00. The normalized spacial score (nSPS) is 11.4. The molecule has 12 heteroatoms. The van der Waals surface area contributed by atoms with E-state index in [2.05, 4.69) is 26.8 Å². The zero-order chi connectivity index (χ0) is 52.4. The summed E-state index contributed by atoms with van der Waals surface area (Å²) in [6, 6.07) is 58.7. The zero-order valence-electron chi connectivity index (χ0n) is 40.5. The fraction of sp³-hybridized carbons (Fsp3) is 0.0469. The summed E-state index contributed by atoms with van der Waals surface area (Å²) in [5.41, 5.74) is 8.80. The summed E-state index contributed by atoms with van der Waals surface area (Å²) in [7, 11) is 0. The molecule has 0 aliphatic rings. The van der Waals surface area contributed by atoms with E-state index in [0.717, 1.165) is 44.5 Å². The Bertz CT molecular complexity index is 4030. The molecule has 0 saturated carbocycles. The molecule has 0 N–H and O–H groups in total. The standard InChI is InChI=1S/C64H36F3N9/c1-37-72-38(2)74-63(73-37)49-33-60(75-56-29-45(41-9-5-39(35-68)6-10-41)17-25-52(56)54-27-19-47(31-58(54)75)43-13-21-50(70-3)22-14-43)62(64(65,66)67)61(34-49)76-57-30-46(42-11-7-40(36-69)8-12-42)18-26-53(57)55-28-20-48(32-59(55)76)44-15-23-51(71-4)24-16-44/h5-34H,1-2H3. The molecular weight excluding hydrogens is 952 g/mol. The fourth-order valence-corrected chi connectivity index (χ4v) is 10.3. The number of hydrogen-bond donors (Lipinski definition) is 0. The van der Waals surface area contributed by atoms with E-state index in [1.54, 1.807) is 71.5 Å². The largest absolute Gasteiger partial charge is 0.420 e. The van der Waals surface area contributed by atoms with Gasteiger partial charge < -0.3 is 9.13 Å². The van der Waals surface area contributed by atoms with Gasteiger partial charge in [0, 0.05) is 27.1 Å². The number of benzene rings is 9. The Hall–Kier alpha value is -10.7. The van der Waals surface area contributed by atoms with Crippen molar-refractivity contribution in [3.05, 3.63) is 233 Å². The molecule has 0 bridgehead atoms. The molecule has 0 spiro atoms. The van der Waals surface area contributed by atoms with Gasteiger partial charge in [-0.1, -0.05) is 121 Å². The van der Waals surface area contributed by atoms with Crippen molar-refractivity contribution >= 4 is 55.0 Å². The molecular formula is C64H36F3N9. The van der Waals surface area contributed by atoms with Crippen molar-refractivity contribution in [3.63, 3.8) is 0 Å². The van der Waals surface area contributed by atoms with Crippen LogP contribution in [0.5, 0.6) is 0 Å². The molecule has 0 aliphatic heterocycles. The van der Waals surface area contributed by atoms with E-state index in [1.165, 1.54) is 12.1 Å². The van der Waals surface area contributed by atoms with Crippen molar-refractivity contribution in [3.8, 4) is 79.4 Å². The summed E-state index contributed by atoms with van der Waals surface area (Å²) >= 11 is 0. The van der Waals surface area contributed by atoms with Gasteiger partial charge in [0.25, 0.3) is 0 Å². The molecule has 12 aromatic rings. The van der Waals surface area contributed by atoms with Gasteiger partial charge in [0.05, 0.1) is 69.9 Å². The molecule has 0 amide bonds. The van der Waals surface area contributed by atoms with E-state index < -0.39 is 11.7 Å². The van der Waals surface area contributed by atoms with Crippen molar-refractivity contribution in [2.75, 3.05) is 0 Å². The molecule has 0 unspecified atom stereocenters. The molecule has 3 aromatic heterocycles. The van der Waals surface area contributed by atoms with E-state index in [9.17, 15) is 10.5 Å². The van der Waals surface area contributed by atoms with Gasteiger partial charge in [-0.3, -0.25) is 0 Å². The Labute approximate surface area is 433 Å². The van der Waals surface area contributed by atoms with Crippen molar-refractivity contribution in [1.29, 1.82) is 10.5 Å². The third-order valence-corrected chi connectivity index (χ3v) is 13.9. The van der Waals surface area contributed by atoms with E-state index in [-0.39, 0.29) is 17.2 Å². The molecule has 76 heavy (non-hydrogen) atoms. The van der Waals surface area contributed by atoms with Crippen LogP contribution in [0.2, 0.25) is 0 Å². The molecule has 9 nitrogen and oxygen atoms in total. The van der Waals surface area contributed by atoms with E-state index in [0.29, 0.717) is 83.3 Å². The van der Waals surface area contributed by atoms with Crippen LogP contribution in [0.15, 0.2) is 182 Å². The minimum absolute atomic E-state index is 0.181. The Kier molecular flexibility index (Phi) is 11.1. The van der Waals surface area contributed by atoms with Crippen molar-refractivity contribution in [1.82, 2.24) is 24.1 Å². The predicted molar refractivity (Wildman–Crippen MR) is 292 cm³/mol. The molecule has 0 fully saturated rings. The first kappa shape index (κ1) is 46.4.